The SMILES string of the molecule is CCN(CC)C(=O)C1CN(S(=O)(=O)CC)c2ccccc2O1. The molecule has 1 unspecified atom stereocenters. The quantitative estimate of drug-likeness (QED) is 0.822. The van der Waals surface area contributed by atoms with E-state index in [-0.39, 0.29) is 18.2 Å². The maximum atomic E-state index is 12.5. The Bertz CT molecular complexity index is 641. The first-order chi connectivity index (χ1) is 10.4. The number of rotatable bonds is 5. The van der Waals surface area contributed by atoms with Crippen LogP contribution in [-0.4, -0.2) is 50.7 Å². The van der Waals surface area contributed by atoms with Gasteiger partial charge in [0.05, 0.1) is 18.0 Å². The number of hydrogen-bond acceptors (Lipinski definition) is 4. The molecule has 122 valence electrons. The molecular weight excluding hydrogens is 304 g/mol. The van der Waals surface area contributed by atoms with Crippen LogP contribution in [0, 0.1) is 0 Å². The van der Waals surface area contributed by atoms with Gasteiger partial charge >= 0.3 is 0 Å². The molecule has 22 heavy (non-hydrogen) atoms. The van der Waals surface area contributed by atoms with Crippen LogP contribution in [0.1, 0.15) is 20.8 Å². The lowest BCUT2D eigenvalue weighted by molar-refractivity contribution is -0.138. The number of ether oxygens (including phenoxy) is 1. The summed E-state index contributed by atoms with van der Waals surface area (Å²) in [6.07, 6.45) is -0.809. The average molecular weight is 326 g/mol. The highest BCUT2D eigenvalue weighted by atomic mass is 32.2. The van der Waals surface area contributed by atoms with E-state index >= 15 is 0 Å². The van der Waals surface area contributed by atoms with Crippen LogP contribution in [0.3, 0.4) is 0 Å². The molecule has 1 aliphatic rings. The average Bonchev–Trinajstić information content (AvgIpc) is 2.54. The first kappa shape index (κ1) is 16.6. The molecule has 0 fully saturated rings. The van der Waals surface area contributed by atoms with Crippen LogP contribution in [0.5, 0.6) is 5.75 Å². The fraction of sp³-hybridized carbons (Fsp3) is 0.533. The minimum absolute atomic E-state index is 0.0164. The molecule has 1 aliphatic heterocycles. The number of likely N-dealkylation sites (N-methyl/N-ethyl adjacent to an activating group) is 1. The summed E-state index contributed by atoms with van der Waals surface area (Å²) in [6.45, 7) is 6.52. The van der Waals surface area contributed by atoms with Crippen LogP contribution in [0.4, 0.5) is 5.69 Å². The lowest BCUT2D eigenvalue weighted by atomic mass is 10.2. The normalized spacial score (nSPS) is 17.6. The van der Waals surface area contributed by atoms with Crippen LogP contribution < -0.4 is 9.04 Å². The van der Waals surface area contributed by atoms with Crippen molar-refractivity contribution in [1.29, 1.82) is 0 Å². The van der Waals surface area contributed by atoms with Crippen molar-refractivity contribution in [2.75, 3.05) is 29.7 Å². The van der Waals surface area contributed by atoms with Gasteiger partial charge in [-0.2, -0.15) is 0 Å². The van der Waals surface area contributed by atoms with E-state index in [0.717, 1.165) is 0 Å². The van der Waals surface area contributed by atoms with Gasteiger partial charge in [0.1, 0.15) is 5.75 Å². The van der Waals surface area contributed by atoms with E-state index in [2.05, 4.69) is 0 Å². The molecule has 0 aliphatic carbocycles. The van der Waals surface area contributed by atoms with Gasteiger partial charge < -0.3 is 9.64 Å². The van der Waals surface area contributed by atoms with E-state index < -0.39 is 16.1 Å². The lowest BCUT2D eigenvalue weighted by Gasteiger charge is -2.36. The van der Waals surface area contributed by atoms with E-state index in [1.807, 2.05) is 13.8 Å². The lowest BCUT2D eigenvalue weighted by Crippen LogP contribution is -2.52. The minimum atomic E-state index is -3.46. The molecule has 1 aromatic carbocycles. The van der Waals surface area contributed by atoms with Gasteiger partial charge in [0.15, 0.2) is 6.10 Å². The van der Waals surface area contributed by atoms with Crippen LogP contribution in [0.15, 0.2) is 24.3 Å². The largest absolute Gasteiger partial charge is 0.476 e. The maximum Gasteiger partial charge on any atom is 0.265 e. The Labute approximate surface area is 131 Å². The summed E-state index contributed by atoms with van der Waals surface area (Å²) >= 11 is 0. The smallest absolute Gasteiger partial charge is 0.265 e. The zero-order valence-electron chi connectivity index (χ0n) is 13.2. The number of nitrogens with zero attached hydrogens (tertiary/aromatic N) is 2. The Balaban J connectivity index is 2.39. The maximum absolute atomic E-state index is 12.5. The second-order valence-electron chi connectivity index (χ2n) is 5.02. The third kappa shape index (κ3) is 3.04. The van der Waals surface area contributed by atoms with Gasteiger partial charge in [-0.05, 0) is 32.9 Å². The zero-order valence-corrected chi connectivity index (χ0v) is 14.0. The van der Waals surface area contributed by atoms with E-state index in [0.29, 0.717) is 24.5 Å². The van der Waals surface area contributed by atoms with Gasteiger partial charge in [0.2, 0.25) is 10.0 Å². The molecule has 6 nitrogen and oxygen atoms in total. The second kappa shape index (κ2) is 6.56. The topological polar surface area (TPSA) is 66.9 Å². The van der Waals surface area contributed by atoms with Crippen LogP contribution in [0.2, 0.25) is 0 Å². The molecule has 0 saturated carbocycles. The highest BCUT2D eigenvalue weighted by Crippen LogP contribution is 2.35. The third-order valence-corrected chi connectivity index (χ3v) is 5.53. The van der Waals surface area contributed by atoms with Crippen molar-refractivity contribution < 1.29 is 17.9 Å². The number of hydrogen-bond donors (Lipinski definition) is 0. The molecule has 0 saturated heterocycles. The Morgan fingerprint density at radius 3 is 2.50 bits per heavy atom. The van der Waals surface area contributed by atoms with E-state index in [9.17, 15) is 13.2 Å². The minimum Gasteiger partial charge on any atom is -0.476 e. The van der Waals surface area contributed by atoms with Crippen molar-refractivity contribution in [3.63, 3.8) is 0 Å². The molecule has 0 radical (unpaired) electrons. The van der Waals surface area contributed by atoms with E-state index in [1.54, 1.807) is 36.1 Å². The number of anilines is 1. The number of fused-ring (bicyclic) bond motifs is 1. The summed E-state index contributed by atoms with van der Waals surface area (Å²) in [5, 5.41) is 0. The molecule has 1 aromatic rings. The first-order valence-corrected chi connectivity index (χ1v) is 9.10. The highest BCUT2D eigenvalue weighted by molar-refractivity contribution is 7.92. The van der Waals surface area contributed by atoms with Gasteiger partial charge in [0.25, 0.3) is 5.91 Å². The van der Waals surface area contributed by atoms with Crippen LogP contribution >= 0.6 is 0 Å². The number of carbonyl (C=O) groups is 1. The fourth-order valence-corrected chi connectivity index (χ4v) is 3.61. The molecule has 1 amide bonds. The van der Waals surface area contributed by atoms with E-state index in [4.69, 9.17) is 4.74 Å². The third-order valence-electron chi connectivity index (χ3n) is 3.79. The van der Waals surface area contributed by atoms with Crippen molar-refractivity contribution in [2.45, 2.75) is 26.9 Å². The molecule has 0 N–H and O–H groups in total. The first-order valence-electron chi connectivity index (χ1n) is 7.49. The summed E-state index contributed by atoms with van der Waals surface area (Å²) in [5.74, 6) is 0.222. The Morgan fingerprint density at radius 1 is 1.27 bits per heavy atom. The van der Waals surface area contributed by atoms with Crippen LogP contribution in [-0.2, 0) is 14.8 Å². The van der Waals surface area contributed by atoms with Gasteiger partial charge in [-0.15, -0.1) is 0 Å². The number of sulfonamides is 1. The highest BCUT2D eigenvalue weighted by Gasteiger charge is 2.37. The summed E-state index contributed by atoms with van der Waals surface area (Å²) in [4.78, 5) is 14.2. The summed E-state index contributed by atoms with van der Waals surface area (Å²) in [5.41, 5.74) is 0.493. The number of amides is 1. The number of para-hydroxylation sites is 2. The zero-order chi connectivity index (χ0) is 16.3. The van der Waals surface area contributed by atoms with Gasteiger partial charge in [-0.1, -0.05) is 12.1 Å². The number of carbonyl (C=O) groups excluding carboxylic acids is 1. The second-order valence-corrected chi connectivity index (χ2v) is 7.20. The van der Waals surface area contributed by atoms with Crippen molar-refractivity contribution >= 4 is 21.6 Å². The van der Waals surface area contributed by atoms with Gasteiger partial charge in [-0.3, -0.25) is 9.10 Å². The Morgan fingerprint density at radius 2 is 1.91 bits per heavy atom. The Kier molecular flexibility index (Phi) is 4.95. The summed E-state index contributed by atoms with van der Waals surface area (Å²) < 4.78 is 31.7. The number of benzene rings is 1. The molecule has 0 spiro atoms. The monoisotopic (exact) mass is 326 g/mol. The van der Waals surface area contributed by atoms with Crippen molar-refractivity contribution in [3.05, 3.63) is 24.3 Å². The molecule has 0 bridgehead atoms. The predicted molar refractivity (Wildman–Crippen MR) is 85.6 cm³/mol. The van der Waals surface area contributed by atoms with Crippen molar-refractivity contribution in [2.24, 2.45) is 0 Å². The van der Waals surface area contributed by atoms with Crippen molar-refractivity contribution in [1.82, 2.24) is 4.90 Å². The van der Waals surface area contributed by atoms with Gasteiger partial charge in [0, 0.05) is 13.1 Å². The summed E-state index contributed by atoms with van der Waals surface area (Å²) in [7, 11) is -3.46. The van der Waals surface area contributed by atoms with Crippen LogP contribution in [0.25, 0.3) is 0 Å². The molecular formula is C15H22N2O4S. The molecule has 1 atom stereocenters. The molecule has 0 aromatic heterocycles. The van der Waals surface area contributed by atoms with Crippen molar-refractivity contribution in [3.8, 4) is 5.75 Å². The summed E-state index contributed by atoms with van der Waals surface area (Å²) in [6, 6.07) is 6.91. The molecule has 1 heterocycles. The standard InChI is InChI=1S/C15H22N2O4S/c1-4-16(5-2)15(18)14-11-17(22(19,20)6-3)12-9-7-8-10-13(12)21-14/h7-10,14H,4-6,11H2,1-3H3. The molecule has 2 rings (SSSR count). The van der Waals surface area contributed by atoms with Gasteiger partial charge in [-0.25, -0.2) is 8.42 Å². The molecule has 7 heteroatoms. The predicted octanol–water partition coefficient (Wildman–Crippen LogP) is 1.47. The van der Waals surface area contributed by atoms with E-state index in [1.165, 1.54) is 4.31 Å². The Hall–Kier alpha value is -1.76. The fourth-order valence-electron chi connectivity index (χ4n) is 2.49.